The molecule has 2 aromatic rings. The molecule has 0 atom stereocenters. The van der Waals surface area contributed by atoms with E-state index in [1.165, 1.54) is 12.1 Å². The maximum atomic E-state index is 13.3. The van der Waals surface area contributed by atoms with Gasteiger partial charge in [0.1, 0.15) is 12.4 Å². The van der Waals surface area contributed by atoms with Gasteiger partial charge in [0.2, 0.25) is 5.82 Å². The monoisotopic (exact) mass is 250 g/mol. The fourth-order valence-electron chi connectivity index (χ4n) is 1.46. The summed E-state index contributed by atoms with van der Waals surface area (Å²) in [4.78, 5) is 4.04. The second kappa shape index (κ2) is 5.44. The van der Waals surface area contributed by atoms with Crippen LogP contribution in [0.1, 0.15) is 5.56 Å². The number of aromatic nitrogens is 1. The van der Waals surface area contributed by atoms with Crippen LogP contribution < -0.4 is 10.1 Å². The van der Waals surface area contributed by atoms with Crippen molar-refractivity contribution in [1.82, 2.24) is 4.98 Å². The average Bonchev–Trinajstić information content (AvgIpc) is 2.41. The summed E-state index contributed by atoms with van der Waals surface area (Å²) in [6, 6.07) is 7.36. The first kappa shape index (κ1) is 12.3. The highest BCUT2D eigenvalue weighted by Gasteiger charge is 2.08. The number of hydrogen-bond acceptors (Lipinski definition) is 3. The van der Waals surface area contributed by atoms with Crippen molar-refractivity contribution in [2.75, 3.05) is 12.4 Å². The second-order valence-electron chi connectivity index (χ2n) is 3.64. The van der Waals surface area contributed by atoms with Gasteiger partial charge in [-0.05, 0) is 29.8 Å². The van der Waals surface area contributed by atoms with Crippen molar-refractivity contribution in [3.8, 4) is 5.75 Å². The number of rotatable bonds is 4. The molecule has 1 aromatic heterocycles. The number of halogens is 2. The fourth-order valence-corrected chi connectivity index (χ4v) is 1.46. The molecule has 0 aliphatic rings. The standard InChI is InChI=1S/C13H12F2N2O/c1-16-12-7-9(5-6-17-12)8-18-11-4-2-3-10(14)13(11)15/h2-7H,8H2,1H3,(H,16,17). The summed E-state index contributed by atoms with van der Waals surface area (Å²) in [7, 11) is 1.75. The lowest BCUT2D eigenvalue weighted by atomic mass is 10.2. The van der Waals surface area contributed by atoms with Gasteiger partial charge in [-0.25, -0.2) is 9.37 Å². The summed E-state index contributed by atoms with van der Waals surface area (Å²) in [6.07, 6.45) is 1.62. The molecule has 94 valence electrons. The summed E-state index contributed by atoms with van der Waals surface area (Å²) in [5, 5.41) is 2.89. The fraction of sp³-hybridized carbons (Fsp3) is 0.154. The molecule has 0 saturated carbocycles. The Balaban J connectivity index is 2.09. The molecule has 0 aliphatic carbocycles. The van der Waals surface area contributed by atoms with Gasteiger partial charge in [-0.2, -0.15) is 4.39 Å². The summed E-state index contributed by atoms with van der Waals surface area (Å²) in [6.45, 7) is 0.150. The maximum absolute atomic E-state index is 13.3. The predicted octanol–water partition coefficient (Wildman–Crippen LogP) is 2.98. The number of hydrogen-bond donors (Lipinski definition) is 1. The lowest BCUT2D eigenvalue weighted by Gasteiger charge is -2.08. The molecular weight excluding hydrogens is 238 g/mol. The van der Waals surface area contributed by atoms with Gasteiger partial charge in [-0.1, -0.05) is 6.07 Å². The van der Waals surface area contributed by atoms with Crippen molar-refractivity contribution >= 4 is 5.82 Å². The van der Waals surface area contributed by atoms with Gasteiger partial charge in [-0.15, -0.1) is 0 Å². The molecule has 1 heterocycles. The van der Waals surface area contributed by atoms with Gasteiger partial charge in [0.15, 0.2) is 11.6 Å². The summed E-state index contributed by atoms with van der Waals surface area (Å²) in [5.74, 6) is -1.30. The second-order valence-corrected chi connectivity index (χ2v) is 3.64. The Morgan fingerprint density at radius 1 is 1.28 bits per heavy atom. The first-order valence-electron chi connectivity index (χ1n) is 5.40. The quantitative estimate of drug-likeness (QED) is 0.905. The van der Waals surface area contributed by atoms with Crippen LogP contribution in [0, 0.1) is 11.6 Å². The van der Waals surface area contributed by atoms with Crippen LogP contribution in [0.3, 0.4) is 0 Å². The zero-order chi connectivity index (χ0) is 13.0. The van der Waals surface area contributed by atoms with Gasteiger partial charge >= 0.3 is 0 Å². The molecule has 0 radical (unpaired) electrons. The van der Waals surface area contributed by atoms with Gasteiger partial charge < -0.3 is 10.1 Å². The third kappa shape index (κ3) is 2.74. The third-order valence-corrected chi connectivity index (χ3v) is 2.39. The minimum Gasteiger partial charge on any atom is -0.486 e. The number of nitrogens with zero attached hydrogens (tertiary/aromatic N) is 1. The van der Waals surface area contributed by atoms with Gasteiger partial charge in [-0.3, -0.25) is 0 Å². The van der Waals surface area contributed by atoms with Crippen LogP contribution in [0.25, 0.3) is 0 Å². The summed E-state index contributed by atoms with van der Waals surface area (Å²) >= 11 is 0. The number of nitrogens with one attached hydrogen (secondary N) is 1. The molecule has 5 heteroatoms. The third-order valence-electron chi connectivity index (χ3n) is 2.39. The van der Waals surface area contributed by atoms with E-state index in [4.69, 9.17) is 4.74 Å². The van der Waals surface area contributed by atoms with Crippen LogP contribution in [0.15, 0.2) is 36.5 Å². The first-order chi connectivity index (χ1) is 8.70. The Bertz CT molecular complexity index is 546. The molecule has 0 bridgehead atoms. The first-order valence-corrected chi connectivity index (χ1v) is 5.40. The van der Waals surface area contributed by atoms with Crippen LogP contribution >= 0.6 is 0 Å². The molecule has 2 rings (SSSR count). The van der Waals surface area contributed by atoms with Crippen LogP contribution in [0.2, 0.25) is 0 Å². The van der Waals surface area contributed by atoms with Crippen LogP contribution in [0.5, 0.6) is 5.75 Å². The van der Waals surface area contributed by atoms with Crippen molar-refractivity contribution in [2.24, 2.45) is 0 Å². The van der Waals surface area contributed by atoms with E-state index in [1.54, 1.807) is 25.4 Å². The highest BCUT2D eigenvalue weighted by molar-refractivity contribution is 5.36. The molecule has 3 nitrogen and oxygen atoms in total. The Hall–Kier alpha value is -2.17. The zero-order valence-electron chi connectivity index (χ0n) is 9.78. The largest absolute Gasteiger partial charge is 0.486 e. The minimum absolute atomic E-state index is 0.0992. The predicted molar refractivity (Wildman–Crippen MR) is 64.5 cm³/mol. The van der Waals surface area contributed by atoms with E-state index in [2.05, 4.69) is 10.3 Å². The topological polar surface area (TPSA) is 34.1 Å². The molecule has 0 amide bonds. The molecule has 1 aromatic carbocycles. The molecule has 18 heavy (non-hydrogen) atoms. The molecule has 1 N–H and O–H groups in total. The van der Waals surface area contributed by atoms with Crippen molar-refractivity contribution in [3.63, 3.8) is 0 Å². The molecule has 0 saturated heterocycles. The van der Waals surface area contributed by atoms with Crippen LogP contribution in [0.4, 0.5) is 14.6 Å². The number of anilines is 1. The van der Waals surface area contributed by atoms with Crippen molar-refractivity contribution < 1.29 is 13.5 Å². The minimum atomic E-state index is -0.972. The van der Waals surface area contributed by atoms with Crippen LogP contribution in [-0.4, -0.2) is 12.0 Å². The molecule has 0 spiro atoms. The van der Waals surface area contributed by atoms with Gasteiger partial charge in [0.05, 0.1) is 0 Å². The Morgan fingerprint density at radius 3 is 2.89 bits per heavy atom. The van der Waals surface area contributed by atoms with Crippen molar-refractivity contribution in [3.05, 3.63) is 53.7 Å². The lowest BCUT2D eigenvalue weighted by molar-refractivity contribution is 0.284. The zero-order valence-corrected chi connectivity index (χ0v) is 9.78. The van der Waals surface area contributed by atoms with E-state index in [9.17, 15) is 8.78 Å². The van der Waals surface area contributed by atoms with E-state index in [-0.39, 0.29) is 12.4 Å². The van der Waals surface area contributed by atoms with Gasteiger partial charge in [0.25, 0.3) is 0 Å². The molecular formula is C13H12F2N2O. The number of ether oxygens (including phenoxy) is 1. The van der Waals surface area contributed by atoms with E-state index < -0.39 is 11.6 Å². The summed E-state index contributed by atoms with van der Waals surface area (Å²) in [5.41, 5.74) is 0.818. The summed E-state index contributed by atoms with van der Waals surface area (Å²) < 4.78 is 31.5. The van der Waals surface area contributed by atoms with Crippen molar-refractivity contribution in [2.45, 2.75) is 6.61 Å². The highest BCUT2D eigenvalue weighted by atomic mass is 19.2. The van der Waals surface area contributed by atoms with E-state index >= 15 is 0 Å². The normalized spacial score (nSPS) is 10.2. The SMILES string of the molecule is CNc1cc(COc2cccc(F)c2F)ccn1. The highest BCUT2D eigenvalue weighted by Crippen LogP contribution is 2.20. The average molecular weight is 250 g/mol. The Morgan fingerprint density at radius 2 is 2.11 bits per heavy atom. The van der Waals surface area contributed by atoms with E-state index in [0.717, 1.165) is 11.6 Å². The van der Waals surface area contributed by atoms with E-state index in [0.29, 0.717) is 5.82 Å². The lowest BCUT2D eigenvalue weighted by Crippen LogP contribution is -2.00. The molecule has 0 aliphatic heterocycles. The number of pyridine rings is 1. The maximum Gasteiger partial charge on any atom is 0.200 e. The smallest absolute Gasteiger partial charge is 0.200 e. The van der Waals surface area contributed by atoms with E-state index in [1.807, 2.05) is 0 Å². The van der Waals surface area contributed by atoms with Gasteiger partial charge in [0, 0.05) is 13.2 Å². The number of benzene rings is 1. The van der Waals surface area contributed by atoms with Crippen LogP contribution in [-0.2, 0) is 6.61 Å². The Labute approximate surface area is 103 Å². The Kier molecular flexibility index (Phi) is 3.72. The molecule has 0 unspecified atom stereocenters. The molecule has 0 fully saturated rings. The van der Waals surface area contributed by atoms with Crippen molar-refractivity contribution in [1.29, 1.82) is 0 Å².